The van der Waals surface area contributed by atoms with E-state index < -0.39 is 0 Å². The van der Waals surface area contributed by atoms with Crippen molar-refractivity contribution in [1.82, 2.24) is 5.32 Å². The minimum Gasteiger partial charge on any atom is -0.454 e. The van der Waals surface area contributed by atoms with Crippen LogP contribution in [-0.4, -0.2) is 6.79 Å². The number of aryl methyl sites for hydroxylation is 2. The second kappa shape index (κ2) is 5.52. The van der Waals surface area contributed by atoms with Crippen LogP contribution in [0.3, 0.4) is 0 Å². The molecule has 1 aliphatic heterocycles. The van der Waals surface area contributed by atoms with E-state index in [0.29, 0.717) is 10.8 Å². The number of hydrogen-bond acceptors (Lipinski definition) is 4. The number of halogens is 1. The molecule has 1 aliphatic carbocycles. The molecule has 0 unspecified atom stereocenters. The zero-order valence-corrected chi connectivity index (χ0v) is 13.1. The normalized spacial score (nSPS) is 15.5. The van der Waals surface area contributed by atoms with E-state index in [2.05, 4.69) is 11.4 Å². The molecule has 0 spiro atoms. The third kappa shape index (κ3) is 2.63. The molecular formula is C16H16ClNO2S. The van der Waals surface area contributed by atoms with Gasteiger partial charge in [-0.1, -0.05) is 11.6 Å². The molecule has 21 heavy (non-hydrogen) atoms. The molecule has 1 aromatic carbocycles. The van der Waals surface area contributed by atoms with E-state index in [0.717, 1.165) is 24.4 Å². The van der Waals surface area contributed by atoms with Gasteiger partial charge in [0.1, 0.15) is 0 Å². The van der Waals surface area contributed by atoms with Gasteiger partial charge in [-0.25, -0.2) is 0 Å². The van der Waals surface area contributed by atoms with E-state index in [4.69, 9.17) is 21.1 Å². The van der Waals surface area contributed by atoms with Crippen LogP contribution in [0.2, 0.25) is 5.02 Å². The zero-order valence-electron chi connectivity index (χ0n) is 11.6. The van der Waals surface area contributed by atoms with E-state index in [-0.39, 0.29) is 6.79 Å². The molecule has 0 amide bonds. The van der Waals surface area contributed by atoms with E-state index in [1.54, 1.807) is 10.4 Å². The van der Waals surface area contributed by atoms with Crippen molar-refractivity contribution in [1.29, 1.82) is 0 Å². The summed E-state index contributed by atoms with van der Waals surface area (Å²) in [7, 11) is 0. The minimum atomic E-state index is 0.257. The summed E-state index contributed by atoms with van der Waals surface area (Å²) in [6.07, 6.45) is 3.84. The second-order valence-electron chi connectivity index (χ2n) is 5.43. The van der Waals surface area contributed by atoms with Gasteiger partial charge in [0.15, 0.2) is 11.5 Å². The smallest absolute Gasteiger partial charge is 0.231 e. The van der Waals surface area contributed by atoms with Crippen molar-refractivity contribution in [2.45, 2.75) is 32.4 Å². The fourth-order valence-corrected chi connectivity index (χ4v) is 4.45. The maximum Gasteiger partial charge on any atom is 0.231 e. The first kappa shape index (κ1) is 13.4. The van der Waals surface area contributed by atoms with Crippen LogP contribution in [0.15, 0.2) is 18.2 Å². The third-order valence-corrected chi connectivity index (χ3v) is 5.43. The lowest BCUT2D eigenvalue weighted by Gasteiger charge is -2.06. The van der Waals surface area contributed by atoms with Crippen molar-refractivity contribution in [3.05, 3.63) is 44.1 Å². The molecule has 0 saturated heterocycles. The molecule has 1 aromatic heterocycles. The molecule has 2 heterocycles. The molecule has 1 N–H and O–H groups in total. The van der Waals surface area contributed by atoms with Crippen LogP contribution >= 0.6 is 22.9 Å². The third-order valence-electron chi connectivity index (χ3n) is 3.91. The average molecular weight is 322 g/mol. The quantitative estimate of drug-likeness (QED) is 0.926. The minimum absolute atomic E-state index is 0.257. The van der Waals surface area contributed by atoms with E-state index in [9.17, 15) is 0 Å². The van der Waals surface area contributed by atoms with E-state index in [1.807, 2.05) is 23.5 Å². The largest absolute Gasteiger partial charge is 0.454 e. The van der Waals surface area contributed by atoms with Crippen LogP contribution in [0.1, 0.15) is 27.3 Å². The van der Waals surface area contributed by atoms with Gasteiger partial charge < -0.3 is 14.8 Å². The van der Waals surface area contributed by atoms with Gasteiger partial charge >= 0.3 is 0 Å². The van der Waals surface area contributed by atoms with Crippen molar-refractivity contribution >= 4 is 22.9 Å². The summed E-state index contributed by atoms with van der Waals surface area (Å²) in [6, 6.07) is 6.29. The van der Waals surface area contributed by atoms with Gasteiger partial charge in [-0.3, -0.25) is 0 Å². The topological polar surface area (TPSA) is 30.5 Å². The Balaban J connectivity index is 1.39. The highest BCUT2D eigenvalue weighted by Crippen LogP contribution is 2.39. The molecule has 0 bridgehead atoms. The number of nitrogens with one attached hydrogen (secondary N) is 1. The van der Waals surface area contributed by atoms with Gasteiger partial charge in [-0.05, 0) is 48.6 Å². The Morgan fingerprint density at radius 1 is 1.14 bits per heavy atom. The summed E-state index contributed by atoms with van der Waals surface area (Å²) in [5.74, 6) is 1.41. The monoisotopic (exact) mass is 321 g/mol. The second-order valence-corrected chi connectivity index (χ2v) is 7.06. The van der Waals surface area contributed by atoms with Gasteiger partial charge in [-0.15, -0.1) is 11.3 Å². The molecule has 0 radical (unpaired) electrons. The lowest BCUT2D eigenvalue weighted by atomic mass is 10.2. The predicted molar refractivity (Wildman–Crippen MR) is 84.5 cm³/mol. The van der Waals surface area contributed by atoms with Crippen LogP contribution in [0.5, 0.6) is 11.5 Å². The van der Waals surface area contributed by atoms with E-state index >= 15 is 0 Å². The van der Waals surface area contributed by atoms with Gasteiger partial charge in [0.05, 0.1) is 5.02 Å². The molecule has 2 aliphatic rings. The lowest BCUT2D eigenvalue weighted by molar-refractivity contribution is 0.174. The van der Waals surface area contributed by atoms with Crippen LogP contribution in [-0.2, 0) is 25.9 Å². The number of ether oxygens (including phenoxy) is 2. The first-order valence-electron chi connectivity index (χ1n) is 7.19. The van der Waals surface area contributed by atoms with Gasteiger partial charge in [0.25, 0.3) is 0 Å². The Morgan fingerprint density at radius 3 is 3.00 bits per heavy atom. The highest BCUT2D eigenvalue weighted by atomic mass is 35.5. The first-order valence-corrected chi connectivity index (χ1v) is 8.38. The predicted octanol–water partition coefficient (Wildman–Crippen LogP) is 3.91. The Morgan fingerprint density at radius 2 is 2.10 bits per heavy atom. The van der Waals surface area contributed by atoms with Crippen molar-refractivity contribution in [3.8, 4) is 11.5 Å². The lowest BCUT2D eigenvalue weighted by Crippen LogP contribution is -2.11. The molecule has 3 nitrogen and oxygen atoms in total. The number of hydrogen-bond donors (Lipinski definition) is 1. The Bertz CT molecular complexity index is 662. The Hall–Kier alpha value is -1.23. The highest BCUT2D eigenvalue weighted by Gasteiger charge is 2.18. The maximum atomic E-state index is 6.19. The van der Waals surface area contributed by atoms with Gasteiger partial charge in [0, 0.05) is 22.8 Å². The van der Waals surface area contributed by atoms with E-state index in [1.165, 1.54) is 24.1 Å². The van der Waals surface area contributed by atoms with Crippen LogP contribution in [0.25, 0.3) is 0 Å². The SMILES string of the molecule is Clc1cc(CNCc2cc3c(s2)CCC3)cc2c1OCO2. The van der Waals surface area contributed by atoms with Crippen molar-refractivity contribution in [3.63, 3.8) is 0 Å². The van der Waals surface area contributed by atoms with Crippen molar-refractivity contribution in [2.24, 2.45) is 0 Å². The van der Waals surface area contributed by atoms with Crippen molar-refractivity contribution < 1.29 is 9.47 Å². The zero-order chi connectivity index (χ0) is 14.2. The summed E-state index contributed by atoms with van der Waals surface area (Å²) in [5.41, 5.74) is 2.68. The molecule has 2 aromatic rings. The number of fused-ring (bicyclic) bond motifs is 2. The fourth-order valence-electron chi connectivity index (χ4n) is 2.93. The van der Waals surface area contributed by atoms with Gasteiger partial charge in [0.2, 0.25) is 6.79 Å². The Labute approximate surface area is 132 Å². The summed E-state index contributed by atoms with van der Waals surface area (Å²) < 4.78 is 10.7. The summed E-state index contributed by atoms with van der Waals surface area (Å²) in [5, 5.41) is 4.10. The van der Waals surface area contributed by atoms with Crippen LogP contribution in [0, 0.1) is 0 Å². The molecule has 0 saturated carbocycles. The molecule has 5 heteroatoms. The average Bonchev–Trinajstić information content (AvgIpc) is 3.12. The van der Waals surface area contributed by atoms with Crippen LogP contribution in [0.4, 0.5) is 0 Å². The van der Waals surface area contributed by atoms with Gasteiger partial charge in [-0.2, -0.15) is 0 Å². The Kier molecular flexibility index (Phi) is 3.53. The molecule has 0 fully saturated rings. The first-order chi connectivity index (χ1) is 10.3. The summed E-state index contributed by atoms with van der Waals surface area (Å²) >= 11 is 8.14. The van der Waals surface area contributed by atoms with Crippen LogP contribution < -0.4 is 14.8 Å². The maximum absolute atomic E-state index is 6.19. The van der Waals surface area contributed by atoms with Crippen molar-refractivity contribution in [2.75, 3.05) is 6.79 Å². The highest BCUT2D eigenvalue weighted by molar-refractivity contribution is 7.12. The molecule has 0 atom stereocenters. The fraction of sp³-hybridized carbons (Fsp3) is 0.375. The summed E-state index contributed by atoms with van der Waals surface area (Å²) in [4.78, 5) is 3.00. The molecule has 110 valence electrons. The standard InChI is InChI=1S/C16H16ClNO2S/c17-13-4-10(5-14-16(13)20-9-19-14)7-18-8-12-6-11-2-1-3-15(11)21-12/h4-6,18H,1-3,7-9H2. The summed E-state index contributed by atoms with van der Waals surface area (Å²) in [6.45, 7) is 1.94. The molecule has 4 rings (SSSR count). The number of rotatable bonds is 4. The number of benzene rings is 1. The molecular weight excluding hydrogens is 306 g/mol. The number of thiophene rings is 1.